The summed E-state index contributed by atoms with van der Waals surface area (Å²) in [6.45, 7) is 1.94. The summed E-state index contributed by atoms with van der Waals surface area (Å²) in [6, 6.07) is 13.2. The predicted octanol–water partition coefficient (Wildman–Crippen LogP) is 3.80. The smallest absolute Gasteiger partial charge is 0.134 e. The molecule has 0 bridgehead atoms. The number of rotatable bonds is 6. The quantitative estimate of drug-likeness (QED) is 0.592. The number of halogens is 1. The molecule has 0 aliphatic heterocycles. The van der Waals surface area contributed by atoms with Gasteiger partial charge in [0.05, 0.1) is 36.1 Å². The third kappa shape index (κ3) is 4.12. The first-order valence-electron chi connectivity index (χ1n) is 9.19. The summed E-state index contributed by atoms with van der Waals surface area (Å²) < 4.78 is 1.96. The lowest BCUT2D eigenvalue weighted by atomic mass is 10.00. The van der Waals surface area contributed by atoms with Crippen LogP contribution >= 0.6 is 11.6 Å². The molecule has 150 valence electrons. The van der Waals surface area contributed by atoms with Crippen LogP contribution in [0.4, 0.5) is 0 Å². The zero-order chi connectivity index (χ0) is 21.7. The SMILES string of the molecule is Cc1c(-c2ccc(C#N)cc2)c(C#N)c(/C=C/CO)n1Cc1cnc(Cl)c(CO)c1. The third-order valence-corrected chi connectivity index (χ3v) is 5.18. The van der Waals surface area contributed by atoms with E-state index in [4.69, 9.17) is 16.9 Å². The van der Waals surface area contributed by atoms with Crippen molar-refractivity contribution in [2.45, 2.75) is 20.1 Å². The fourth-order valence-corrected chi connectivity index (χ4v) is 3.56. The first-order valence-corrected chi connectivity index (χ1v) is 9.57. The van der Waals surface area contributed by atoms with Gasteiger partial charge in [-0.2, -0.15) is 10.5 Å². The second-order valence-corrected chi connectivity index (χ2v) is 7.00. The molecule has 0 atom stereocenters. The molecule has 2 heterocycles. The second kappa shape index (κ2) is 9.39. The van der Waals surface area contributed by atoms with Gasteiger partial charge in [0, 0.05) is 29.6 Å². The van der Waals surface area contributed by atoms with Crippen LogP contribution in [0.1, 0.15) is 33.6 Å². The molecule has 7 heteroatoms. The van der Waals surface area contributed by atoms with Crippen LogP contribution in [0, 0.1) is 29.6 Å². The molecular formula is C23H19ClN4O2. The molecule has 0 fully saturated rings. The fraction of sp³-hybridized carbons (Fsp3) is 0.174. The minimum Gasteiger partial charge on any atom is -0.392 e. The lowest BCUT2D eigenvalue weighted by Gasteiger charge is -2.11. The maximum atomic E-state index is 9.91. The van der Waals surface area contributed by atoms with Crippen molar-refractivity contribution in [3.05, 3.63) is 81.4 Å². The Hall–Kier alpha value is -3.42. The number of aromatic nitrogens is 2. The molecule has 6 nitrogen and oxygen atoms in total. The normalized spacial score (nSPS) is 10.9. The van der Waals surface area contributed by atoms with Crippen molar-refractivity contribution in [1.82, 2.24) is 9.55 Å². The summed E-state index contributed by atoms with van der Waals surface area (Å²) in [5.41, 5.74) is 5.47. The van der Waals surface area contributed by atoms with Gasteiger partial charge in [0.15, 0.2) is 0 Å². The summed E-state index contributed by atoms with van der Waals surface area (Å²) in [4.78, 5) is 4.13. The maximum Gasteiger partial charge on any atom is 0.134 e. The summed E-state index contributed by atoms with van der Waals surface area (Å²) in [5, 5.41) is 37.9. The number of benzene rings is 1. The molecule has 3 rings (SSSR count). The van der Waals surface area contributed by atoms with Gasteiger partial charge >= 0.3 is 0 Å². The van der Waals surface area contributed by atoms with Gasteiger partial charge in [-0.15, -0.1) is 0 Å². The van der Waals surface area contributed by atoms with Crippen molar-refractivity contribution in [3.8, 4) is 23.3 Å². The molecular weight excluding hydrogens is 400 g/mol. The van der Waals surface area contributed by atoms with E-state index in [0.717, 1.165) is 22.4 Å². The van der Waals surface area contributed by atoms with E-state index in [1.54, 1.807) is 36.5 Å². The molecule has 2 aromatic heterocycles. The molecule has 3 aromatic rings. The minimum absolute atomic E-state index is 0.154. The number of aliphatic hydroxyl groups is 2. The van der Waals surface area contributed by atoms with Crippen LogP contribution in [-0.4, -0.2) is 26.4 Å². The predicted molar refractivity (Wildman–Crippen MR) is 114 cm³/mol. The van der Waals surface area contributed by atoms with Crippen molar-refractivity contribution in [2.24, 2.45) is 0 Å². The number of hydrogen-bond acceptors (Lipinski definition) is 5. The van der Waals surface area contributed by atoms with Gasteiger partial charge in [-0.25, -0.2) is 4.98 Å². The molecule has 30 heavy (non-hydrogen) atoms. The van der Waals surface area contributed by atoms with Crippen LogP contribution in [-0.2, 0) is 13.2 Å². The van der Waals surface area contributed by atoms with Crippen LogP contribution in [0.25, 0.3) is 17.2 Å². The third-order valence-electron chi connectivity index (χ3n) is 4.84. The zero-order valence-corrected chi connectivity index (χ0v) is 17.1. The van der Waals surface area contributed by atoms with E-state index in [9.17, 15) is 15.5 Å². The van der Waals surface area contributed by atoms with Gasteiger partial charge in [0.1, 0.15) is 11.2 Å². The van der Waals surface area contributed by atoms with Crippen LogP contribution in [0.3, 0.4) is 0 Å². The molecule has 0 spiro atoms. The number of aliphatic hydroxyl groups excluding tert-OH is 2. The van der Waals surface area contributed by atoms with E-state index in [0.29, 0.717) is 28.9 Å². The van der Waals surface area contributed by atoms with Gasteiger partial charge in [0.2, 0.25) is 0 Å². The van der Waals surface area contributed by atoms with E-state index in [1.165, 1.54) is 0 Å². The highest BCUT2D eigenvalue weighted by atomic mass is 35.5. The van der Waals surface area contributed by atoms with E-state index >= 15 is 0 Å². The average Bonchev–Trinajstić information content (AvgIpc) is 3.04. The Morgan fingerprint density at radius 2 is 1.90 bits per heavy atom. The van der Waals surface area contributed by atoms with Gasteiger partial charge in [0.25, 0.3) is 0 Å². The van der Waals surface area contributed by atoms with E-state index < -0.39 is 0 Å². The summed E-state index contributed by atoms with van der Waals surface area (Å²) in [7, 11) is 0. The van der Waals surface area contributed by atoms with Crippen LogP contribution in [0.5, 0.6) is 0 Å². The van der Waals surface area contributed by atoms with E-state index in [1.807, 2.05) is 23.6 Å². The molecule has 0 radical (unpaired) electrons. The largest absolute Gasteiger partial charge is 0.392 e. The van der Waals surface area contributed by atoms with Crippen molar-refractivity contribution in [1.29, 1.82) is 10.5 Å². The standard InChI is InChI=1S/C23H19ClN4O2/c1-15-22(18-6-4-16(10-25)5-7-18)20(11-26)21(3-2-8-29)28(15)13-17-9-19(14-30)23(24)27-12-17/h2-7,9,12,29-30H,8,13-14H2,1H3/b3-2+. The number of hydrogen-bond donors (Lipinski definition) is 2. The highest BCUT2D eigenvalue weighted by Gasteiger charge is 2.20. The first kappa shape index (κ1) is 21.3. The van der Waals surface area contributed by atoms with Crippen LogP contribution in [0.15, 0.2) is 42.6 Å². The minimum atomic E-state index is -0.221. The lowest BCUT2D eigenvalue weighted by molar-refractivity contribution is 0.281. The van der Waals surface area contributed by atoms with Gasteiger partial charge < -0.3 is 14.8 Å². The number of pyridine rings is 1. The molecule has 0 saturated carbocycles. The Bertz CT molecular complexity index is 1180. The second-order valence-electron chi connectivity index (χ2n) is 6.64. The topological polar surface area (TPSA) is 106 Å². The molecule has 0 unspecified atom stereocenters. The fourth-order valence-electron chi connectivity index (χ4n) is 3.40. The Labute approximate surface area is 179 Å². The molecule has 2 N–H and O–H groups in total. The maximum absolute atomic E-state index is 9.91. The van der Waals surface area contributed by atoms with Crippen molar-refractivity contribution >= 4 is 17.7 Å². The first-order chi connectivity index (χ1) is 14.5. The van der Waals surface area contributed by atoms with Crippen molar-refractivity contribution in [2.75, 3.05) is 6.61 Å². The number of nitrogens with zero attached hydrogens (tertiary/aromatic N) is 4. The lowest BCUT2D eigenvalue weighted by Crippen LogP contribution is -2.06. The summed E-state index contributed by atoms with van der Waals surface area (Å²) >= 11 is 6.00. The Balaban J connectivity index is 2.18. The number of nitriles is 2. The van der Waals surface area contributed by atoms with Crippen LogP contribution < -0.4 is 0 Å². The molecule has 0 saturated heterocycles. The monoisotopic (exact) mass is 418 g/mol. The average molecular weight is 419 g/mol. The van der Waals surface area contributed by atoms with Crippen LogP contribution in [0.2, 0.25) is 5.15 Å². The molecule has 0 aliphatic rings. The van der Waals surface area contributed by atoms with E-state index in [2.05, 4.69) is 17.1 Å². The molecule has 1 aromatic carbocycles. The van der Waals surface area contributed by atoms with E-state index in [-0.39, 0.29) is 18.4 Å². The van der Waals surface area contributed by atoms with Gasteiger partial charge in [-0.3, -0.25) is 0 Å². The van der Waals surface area contributed by atoms with Gasteiger partial charge in [-0.1, -0.05) is 29.8 Å². The summed E-state index contributed by atoms with van der Waals surface area (Å²) in [5.74, 6) is 0. The highest BCUT2D eigenvalue weighted by Crippen LogP contribution is 2.34. The summed E-state index contributed by atoms with van der Waals surface area (Å²) in [6.07, 6.45) is 4.93. The Morgan fingerprint density at radius 1 is 1.17 bits per heavy atom. The van der Waals surface area contributed by atoms with Crippen molar-refractivity contribution in [3.63, 3.8) is 0 Å². The Kier molecular flexibility index (Phi) is 6.66. The Morgan fingerprint density at radius 3 is 2.50 bits per heavy atom. The van der Waals surface area contributed by atoms with Gasteiger partial charge in [-0.05, 0) is 42.3 Å². The molecule has 0 aliphatic carbocycles. The molecule has 0 amide bonds. The zero-order valence-electron chi connectivity index (χ0n) is 16.3. The highest BCUT2D eigenvalue weighted by molar-refractivity contribution is 6.30. The van der Waals surface area contributed by atoms with Crippen molar-refractivity contribution < 1.29 is 10.2 Å².